The van der Waals surface area contributed by atoms with E-state index in [0.29, 0.717) is 10.3 Å². The molecule has 1 aromatic rings. The number of alkyl carbamates (subject to hydrolysis) is 1. The lowest BCUT2D eigenvalue weighted by atomic mass is 10.1. The molecule has 7 nitrogen and oxygen atoms in total. The summed E-state index contributed by atoms with van der Waals surface area (Å²) < 4.78 is 11.9. The van der Waals surface area contributed by atoms with E-state index in [0.717, 1.165) is 0 Å². The third-order valence-corrected chi connectivity index (χ3v) is 2.92. The number of ether oxygens (including phenoxy) is 2. The largest absolute Gasteiger partial charge is 0.464 e. The monoisotopic (exact) mass is 375 g/mol. The number of amides is 1. The van der Waals surface area contributed by atoms with Gasteiger partial charge in [-0.1, -0.05) is 0 Å². The fraction of sp³-hybridized carbons (Fsp3) is 0.643. The standard InChI is InChI=1S/C14H22BrN3O4/c1-13(2,3)22-12(20)16-14(4,5)8-18-9(11(19)21-6)7-10(15)17-18/h7H,8H2,1-6H3,(H,16,20). The minimum atomic E-state index is -0.670. The molecule has 1 aromatic heterocycles. The summed E-state index contributed by atoms with van der Waals surface area (Å²) in [6, 6.07) is 1.56. The van der Waals surface area contributed by atoms with Gasteiger partial charge in [0.25, 0.3) is 0 Å². The Kier molecular flexibility index (Phi) is 5.61. The van der Waals surface area contributed by atoms with Gasteiger partial charge in [-0.3, -0.25) is 4.68 Å². The molecule has 0 spiro atoms. The van der Waals surface area contributed by atoms with Crippen molar-refractivity contribution in [1.82, 2.24) is 15.1 Å². The molecule has 0 saturated carbocycles. The summed E-state index contributed by atoms with van der Waals surface area (Å²) in [5.41, 5.74) is -0.948. The zero-order chi connectivity index (χ0) is 17.1. The van der Waals surface area contributed by atoms with Crippen LogP contribution in [0.5, 0.6) is 0 Å². The van der Waals surface area contributed by atoms with Crippen LogP contribution in [0.1, 0.15) is 45.1 Å². The number of aromatic nitrogens is 2. The number of rotatable bonds is 4. The maximum absolute atomic E-state index is 11.9. The Labute approximate surface area is 138 Å². The van der Waals surface area contributed by atoms with Gasteiger partial charge in [0.05, 0.1) is 19.2 Å². The van der Waals surface area contributed by atoms with Gasteiger partial charge in [-0.2, -0.15) is 5.10 Å². The topological polar surface area (TPSA) is 82.5 Å². The Morgan fingerprint density at radius 2 is 1.91 bits per heavy atom. The number of esters is 1. The van der Waals surface area contributed by atoms with Gasteiger partial charge in [-0.15, -0.1) is 0 Å². The predicted octanol–water partition coefficient (Wildman–Crippen LogP) is 2.74. The van der Waals surface area contributed by atoms with Gasteiger partial charge in [0.1, 0.15) is 15.9 Å². The molecule has 0 aliphatic carbocycles. The summed E-state index contributed by atoms with van der Waals surface area (Å²) in [6.45, 7) is 9.28. The summed E-state index contributed by atoms with van der Waals surface area (Å²) in [5.74, 6) is -0.494. The summed E-state index contributed by atoms with van der Waals surface area (Å²) in [6.07, 6.45) is -0.525. The highest BCUT2D eigenvalue weighted by Crippen LogP contribution is 2.16. The second-order valence-electron chi connectivity index (χ2n) is 6.51. The summed E-state index contributed by atoms with van der Waals surface area (Å²) in [4.78, 5) is 23.6. The van der Waals surface area contributed by atoms with E-state index in [1.807, 2.05) is 13.8 Å². The number of carbonyl (C=O) groups is 2. The quantitative estimate of drug-likeness (QED) is 0.818. The van der Waals surface area contributed by atoms with Crippen molar-refractivity contribution < 1.29 is 19.1 Å². The number of nitrogens with zero attached hydrogens (tertiary/aromatic N) is 2. The normalized spacial score (nSPS) is 12.0. The number of carbonyl (C=O) groups excluding carboxylic acids is 2. The SMILES string of the molecule is COC(=O)c1cc(Br)nn1CC(C)(C)NC(=O)OC(C)(C)C. The van der Waals surface area contributed by atoms with Crippen LogP contribution in [-0.4, -0.2) is 40.1 Å². The van der Waals surface area contributed by atoms with Crippen LogP contribution in [0.25, 0.3) is 0 Å². The molecule has 0 atom stereocenters. The van der Waals surface area contributed by atoms with Crippen LogP contribution in [0.2, 0.25) is 0 Å². The fourth-order valence-electron chi connectivity index (χ4n) is 1.77. The Morgan fingerprint density at radius 3 is 2.41 bits per heavy atom. The minimum Gasteiger partial charge on any atom is -0.464 e. The van der Waals surface area contributed by atoms with E-state index < -0.39 is 23.2 Å². The van der Waals surface area contributed by atoms with Gasteiger partial charge in [-0.05, 0) is 50.5 Å². The molecule has 0 unspecified atom stereocenters. The Bertz CT molecular complexity index is 561. The van der Waals surface area contributed by atoms with Crippen LogP contribution in [0.15, 0.2) is 10.7 Å². The number of hydrogen-bond acceptors (Lipinski definition) is 5. The predicted molar refractivity (Wildman–Crippen MR) is 84.7 cm³/mol. The van der Waals surface area contributed by atoms with Crippen LogP contribution in [0.3, 0.4) is 0 Å². The maximum atomic E-state index is 11.9. The molecule has 0 radical (unpaired) electrons. The molecule has 0 aliphatic heterocycles. The van der Waals surface area contributed by atoms with Crippen molar-refractivity contribution in [1.29, 1.82) is 0 Å². The van der Waals surface area contributed by atoms with E-state index in [-0.39, 0.29) is 6.54 Å². The smallest absolute Gasteiger partial charge is 0.408 e. The molecular formula is C14H22BrN3O4. The molecule has 124 valence electrons. The second kappa shape index (κ2) is 6.68. The molecule has 0 fully saturated rings. The van der Waals surface area contributed by atoms with Gasteiger partial charge in [0.15, 0.2) is 0 Å². The average Bonchev–Trinajstić information content (AvgIpc) is 2.64. The molecule has 1 N–H and O–H groups in total. The lowest BCUT2D eigenvalue weighted by Crippen LogP contribution is -2.48. The molecule has 0 saturated heterocycles. The summed E-state index contributed by atoms with van der Waals surface area (Å²) >= 11 is 3.23. The van der Waals surface area contributed by atoms with Crippen molar-refractivity contribution >= 4 is 28.0 Å². The minimum absolute atomic E-state index is 0.280. The first-order valence-electron chi connectivity index (χ1n) is 6.76. The number of hydrogen-bond donors (Lipinski definition) is 1. The molecule has 1 rings (SSSR count). The van der Waals surface area contributed by atoms with Crippen molar-refractivity contribution in [2.24, 2.45) is 0 Å². The van der Waals surface area contributed by atoms with Gasteiger partial charge in [0, 0.05) is 6.07 Å². The Hall–Kier alpha value is -1.57. The molecule has 0 aromatic carbocycles. The highest BCUT2D eigenvalue weighted by Gasteiger charge is 2.27. The van der Waals surface area contributed by atoms with E-state index in [2.05, 4.69) is 26.3 Å². The van der Waals surface area contributed by atoms with Crippen molar-refractivity contribution in [3.05, 3.63) is 16.4 Å². The summed E-state index contributed by atoms with van der Waals surface area (Å²) in [5, 5.41) is 6.95. The first-order chi connectivity index (χ1) is 9.93. The molecular weight excluding hydrogens is 354 g/mol. The maximum Gasteiger partial charge on any atom is 0.408 e. The van der Waals surface area contributed by atoms with Crippen molar-refractivity contribution in [2.45, 2.75) is 52.3 Å². The fourth-order valence-corrected chi connectivity index (χ4v) is 2.18. The highest BCUT2D eigenvalue weighted by atomic mass is 79.9. The van der Waals surface area contributed by atoms with E-state index in [1.165, 1.54) is 11.8 Å². The van der Waals surface area contributed by atoms with Crippen LogP contribution < -0.4 is 5.32 Å². The van der Waals surface area contributed by atoms with Crippen molar-refractivity contribution in [3.63, 3.8) is 0 Å². The van der Waals surface area contributed by atoms with Crippen LogP contribution >= 0.6 is 15.9 Å². The number of methoxy groups -OCH3 is 1. The third-order valence-electron chi connectivity index (χ3n) is 2.53. The van der Waals surface area contributed by atoms with Crippen LogP contribution in [0, 0.1) is 0 Å². The van der Waals surface area contributed by atoms with Gasteiger partial charge >= 0.3 is 12.1 Å². The van der Waals surface area contributed by atoms with Gasteiger partial charge < -0.3 is 14.8 Å². The van der Waals surface area contributed by atoms with Crippen LogP contribution in [-0.2, 0) is 16.0 Å². The zero-order valence-electron chi connectivity index (χ0n) is 13.7. The molecule has 0 bridgehead atoms. The van der Waals surface area contributed by atoms with Crippen LogP contribution in [0.4, 0.5) is 4.79 Å². The van der Waals surface area contributed by atoms with E-state index in [1.54, 1.807) is 26.8 Å². The first-order valence-corrected chi connectivity index (χ1v) is 7.56. The first kappa shape index (κ1) is 18.5. The molecule has 8 heteroatoms. The molecule has 22 heavy (non-hydrogen) atoms. The number of nitrogens with one attached hydrogen (secondary N) is 1. The Morgan fingerprint density at radius 1 is 1.32 bits per heavy atom. The van der Waals surface area contributed by atoms with Gasteiger partial charge in [0.2, 0.25) is 0 Å². The average molecular weight is 376 g/mol. The third kappa shape index (κ3) is 5.67. The Balaban J connectivity index is 2.84. The summed E-state index contributed by atoms with van der Waals surface area (Å²) in [7, 11) is 1.30. The molecule has 1 amide bonds. The van der Waals surface area contributed by atoms with E-state index >= 15 is 0 Å². The van der Waals surface area contributed by atoms with Gasteiger partial charge in [-0.25, -0.2) is 9.59 Å². The highest BCUT2D eigenvalue weighted by molar-refractivity contribution is 9.10. The van der Waals surface area contributed by atoms with Crippen molar-refractivity contribution in [2.75, 3.05) is 7.11 Å². The number of halogens is 1. The lowest BCUT2D eigenvalue weighted by molar-refractivity contribution is 0.0461. The van der Waals surface area contributed by atoms with E-state index in [4.69, 9.17) is 9.47 Å². The second-order valence-corrected chi connectivity index (χ2v) is 7.32. The zero-order valence-corrected chi connectivity index (χ0v) is 15.3. The molecule has 0 aliphatic rings. The van der Waals surface area contributed by atoms with E-state index in [9.17, 15) is 9.59 Å². The van der Waals surface area contributed by atoms with Crippen molar-refractivity contribution in [3.8, 4) is 0 Å². The molecule has 1 heterocycles. The lowest BCUT2D eigenvalue weighted by Gasteiger charge is -2.28.